The Labute approximate surface area is 179 Å². The molecule has 0 saturated carbocycles. The van der Waals surface area contributed by atoms with Crippen molar-refractivity contribution in [3.8, 4) is 28.5 Å². The van der Waals surface area contributed by atoms with Crippen LogP contribution in [0.2, 0.25) is 0 Å². The minimum Gasteiger partial charge on any atom is -0.492 e. The molecular weight excluding hydrogens is 398 g/mol. The molecule has 2 aromatic carbocycles. The SMILES string of the molecule is Cc1cc(C)cc(OCCNC(=O)Cn2nc(-c3ccc4c(c3)OCO4)ccc2=O)c1. The largest absolute Gasteiger partial charge is 0.492 e. The molecule has 3 aromatic rings. The average molecular weight is 421 g/mol. The van der Waals surface area contributed by atoms with Gasteiger partial charge < -0.3 is 19.5 Å². The van der Waals surface area contributed by atoms with Crippen LogP contribution in [0.5, 0.6) is 17.2 Å². The van der Waals surface area contributed by atoms with Gasteiger partial charge in [0, 0.05) is 11.6 Å². The van der Waals surface area contributed by atoms with Gasteiger partial charge in [0.15, 0.2) is 11.5 Å². The van der Waals surface area contributed by atoms with Crippen molar-refractivity contribution in [2.75, 3.05) is 19.9 Å². The number of rotatable bonds is 7. The Morgan fingerprint density at radius 1 is 1.06 bits per heavy atom. The number of nitrogens with zero attached hydrogens (tertiary/aromatic N) is 2. The molecule has 0 atom stereocenters. The monoisotopic (exact) mass is 421 g/mol. The number of carbonyl (C=O) groups is 1. The molecule has 0 spiro atoms. The van der Waals surface area contributed by atoms with Crippen molar-refractivity contribution in [2.45, 2.75) is 20.4 Å². The number of aryl methyl sites for hydroxylation is 2. The summed E-state index contributed by atoms with van der Waals surface area (Å²) in [6.45, 7) is 4.66. The molecule has 1 N–H and O–H groups in total. The van der Waals surface area contributed by atoms with E-state index in [2.05, 4.69) is 16.5 Å². The second kappa shape index (κ2) is 8.91. The zero-order chi connectivity index (χ0) is 21.8. The van der Waals surface area contributed by atoms with E-state index >= 15 is 0 Å². The third-order valence-electron chi connectivity index (χ3n) is 4.72. The fourth-order valence-electron chi connectivity index (χ4n) is 3.34. The van der Waals surface area contributed by atoms with Crippen LogP contribution in [0.25, 0.3) is 11.3 Å². The van der Waals surface area contributed by atoms with E-state index in [-0.39, 0.29) is 24.8 Å². The van der Waals surface area contributed by atoms with Crippen LogP contribution >= 0.6 is 0 Å². The van der Waals surface area contributed by atoms with E-state index in [0.29, 0.717) is 30.3 Å². The van der Waals surface area contributed by atoms with Gasteiger partial charge in [0.25, 0.3) is 5.56 Å². The highest BCUT2D eigenvalue weighted by Gasteiger charge is 2.15. The first kappa shape index (κ1) is 20.5. The van der Waals surface area contributed by atoms with Crippen molar-refractivity contribution in [2.24, 2.45) is 0 Å². The maximum absolute atomic E-state index is 12.3. The van der Waals surface area contributed by atoms with Crippen LogP contribution in [0.15, 0.2) is 53.3 Å². The molecule has 0 unspecified atom stereocenters. The van der Waals surface area contributed by atoms with Gasteiger partial charge in [0.1, 0.15) is 18.9 Å². The van der Waals surface area contributed by atoms with Crippen LogP contribution in [0.1, 0.15) is 11.1 Å². The molecule has 0 bridgehead atoms. The Bertz CT molecular complexity index is 1150. The summed E-state index contributed by atoms with van der Waals surface area (Å²) in [4.78, 5) is 24.4. The lowest BCUT2D eigenvalue weighted by atomic mass is 10.1. The molecule has 2 heterocycles. The standard InChI is InChI=1S/C23H23N3O5/c1-15-9-16(2)11-18(10-15)29-8-7-24-22(27)13-26-23(28)6-4-19(25-26)17-3-5-20-21(12-17)31-14-30-20/h3-6,9-12H,7-8,13-14H2,1-2H3,(H,24,27). The average Bonchev–Trinajstić information content (AvgIpc) is 3.20. The van der Waals surface area contributed by atoms with Crippen LogP contribution in [0, 0.1) is 13.8 Å². The Morgan fingerprint density at radius 2 is 1.84 bits per heavy atom. The van der Waals surface area contributed by atoms with E-state index in [1.54, 1.807) is 18.2 Å². The second-order valence-corrected chi connectivity index (χ2v) is 7.30. The molecule has 4 rings (SSSR count). The number of amides is 1. The first-order chi connectivity index (χ1) is 15.0. The zero-order valence-electron chi connectivity index (χ0n) is 17.4. The minimum absolute atomic E-state index is 0.180. The lowest BCUT2D eigenvalue weighted by molar-refractivity contribution is -0.122. The van der Waals surface area contributed by atoms with Gasteiger partial charge in [0.2, 0.25) is 12.7 Å². The summed E-state index contributed by atoms with van der Waals surface area (Å²) in [6.07, 6.45) is 0. The minimum atomic E-state index is -0.355. The third kappa shape index (κ3) is 5.03. The summed E-state index contributed by atoms with van der Waals surface area (Å²) in [5.74, 6) is 1.74. The molecular formula is C23H23N3O5. The fourth-order valence-corrected chi connectivity index (χ4v) is 3.34. The number of carbonyl (C=O) groups excluding carboxylic acids is 1. The molecule has 8 heteroatoms. The maximum atomic E-state index is 12.3. The van der Waals surface area contributed by atoms with Crippen molar-refractivity contribution in [3.05, 3.63) is 70.0 Å². The number of nitrogens with one attached hydrogen (secondary N) is 1. The van der Waals surface area contributed by atoms with Gasteiger partial charge >= 0.3 is 0 Å². The van der Waals surface area contributed by atoms with Gasteiger partial charge in [-0.3, -0.25) is 9.59 Å². The van der Waals surface area contributed by atoms with E-state index in [4.69, 9.17) is 14.2 Å². The van der Waals surface area contributed by atoms with E-state index in [1.807, 2.05) is 32.0 Å². The fraction of sp³-hybridized carbons (Fsp3) is 0.261. The van der Waals surface area contributed by atoms with Crippen molar-refractivity contribution < 1.29 is 19.0 Å². The van der Waals surface area contributed by atoms with Crippen LogP contribution in [-0.2, 0) is 11.3 Å². The molecule has 1 amide bonds. The number of benzene rings is 2. The Morgan fingerprint density at radius 3 is 2.65 bits per heavy atom. The van der Waals surface area contributed by atoms with Crippen molar-refractivity contribution >= 4 is 5.91 Å². The van der Waals surface area contributed by atoms with Gasteiger partial charge in [-0.05, 0) is 61.4 Å². The van der Waals surface area contributed by atoms with Crippen LogP contribution in [0.3, 0.4) is 0 Å². The predicted molar refractivity (Wildman–Crippen MR) is 114 cm³/mol. The number of fused-ring (bicyclic) bond motifs is 1. The normalized spacial score (nSPS) is 11.9. The van der Waals surface area contributed by atoms with Gasteiger partial charge in [-0.2, -0.15) is 5.10 Å². The quantitative estimate of drug-likeness (QED) is 0.590. The Kier molecular flexibility index (Phi) is 5.88. The summed E-state index contributed by atoms with van der Waals surface area (Å²) in [5.41, 5.74) is 3.20. The molecule has 1 aromatic heterocycles. The number of hydrogen-bond donors (Lipinski definition) is 1. The van der Waals surface area contributed by atoms with Crippen LogP contribution in [0.4, 0.5) is 0 Å². The lowest BCUT2D eigenvalue weighted by Crippen LogP contribution is -2.35. The van der Waals surface area contributed by atoms with Gasteiger partial charge in [-0.1, -0.05) is 6.07 Å². The molecule has 1 aliphatic rings. The summed E-state index contributed by atoms with van der Waals surface area (Å²) >= 11 is 0. The Hall–Kier alpha value is -3.81. The third-order valence-corrected chi connectivity index (χ3v) is 4.72. The molecule has 1 aliphatic heterocycles. The topological polar surface area (TPSA) is 91.7 Å². The molecule has 160 valence electrons. The van der Waals surface area contributed by atoms with Gasteiger partial charge in [-0.25, -0.2) is 4.68 Å². The maximum Gasteiger partial charge on any atom is 0.267 e. The summed E-state index contributed by atoms with van der Waals surface area (Å²) in [7, 11) is 0. The lowest BCUT2D eigenvalue weighted by Gasteiger charge is -2.10. The van der Waals surface area contributed by atoms with E-state index in [1.165, 1.54) is 6.07 Å². The van der Waals surface area contributed by atoms with Gasteiger partial charge in [-0.15, -0.1) is 0 Å². The zero-order valence-corrected chi connectivity index (χ0v) is 17.4. The molecule has 31 heavy (non-hydrogen) atoms. The van der Waals surface area contributed by atoms with E-state index < -0.39 is 0 Å². The molecule has 0 saturated heterocycles. The molecule has 0 fully saturated rings. The highest BCUT2D eigenvalue weighted by atomic mass is 16.7. The number of ether oxygens (including phenoxy) is 3. The first-order valence-electron chi connectivity index (χ1n) is 9.94. The van der Waals surface area contributed by atoms with Crippen molar-refractivity contribution in [3.63, 3.8) is 0 Å². The van der Waals surface area contributed by atoms with E-state index in [0.717, 1.165) is 27.1 Å². The van der Waals surface area contributed by atoms with Gasteiger partial charge in [0.05, 0.1) is 12.2 Å². The van der Waals surface area contributed by atoms with Crippen molar-refractivity contribution in [1.29, 1.82) is 0 Å². The van der Waals surface area contributed by atoms with Crippen molar-refractivity contribution in [1.82, 2.24) is 15.1 Å². The number of hydrogen-bond acceptors (Lipinski definition) is 6. The summed E-state index contributed by atoms with van der Waals surface area (Å²) < 4.78 is 17.5. The number of aromatic nitrogens is 2. The van der Waals surface area contributed by atoms with Crippen LogP contribution < -0.4 is 25.1 Å². The molecule has 8 nitrogen and oxygen atoms in total. The molecule has 0 radical (unpaired) electrons. The summed E-state index contributed by atoms with van der Waals surface area (Å²) in [5, 5.41) is 7.07. The predicted octanol–water partition coefficient (Wildman–Crippen LogP) is 2.45. The first-order valence-corrected chi connectivity index (χ1v) is 9.94. The highest BCUT2D eigenvalue weighted by molar-refractivity contribution is 5.75. The van der Waals surface area contributed by atoms with E-state index in [9.17, 15) is 9.59 Å². The Balaban J connectivity index is 1.34. The highest BCUT2D eigenvalue weighted by Crippen LogP contribution is 2.35. The smallest absolute Gasteiger partial charge is 0.267 e. The second-order valence-electron chi connectivity index (χ2n) is 7.30. The molecule has 0 aliphatic carbocycles. The van der Waals surface area contributed by atoms with Crippen LogP contribution in [-0.4, -0.2) is 35.6 Å². The summed E-state index contributed by atoms with van der Waals surface area (Å²) in [6, 6.07) is 14.4.